The van der Waals surface area contributed by atoms with Crippen molar-refractivity contribution >= 4 is 22.2 Å². The number of nitrogens with one attached hydrogen (secondary N) is 1. The molecule has 0 aliphatic heterocycles. The third-order valence-corrected chi connectivity index (χ3v) is 5.93. The first-order valence-electron chi connectivity index (χ1n) is 11.1. The molecule has 0 bridgehead atoms. The quantitative estimate of drug-likeness (QED) is 0.307. The van der Waals surface area contributed by atoms with Crippen LogP contribution in [-0.4, -0.2) is 4.57 Å². The van der Waals surface area contributed by atoms with Crippen LogP contribution >= 0.6 is 0 Å². The average molecular weight is 420 g/mol. The molecule has 160 valence electrons. The molecule has 3 nitrogen and oxygen atoms in total. The SMILES string of the molecule is C=C(c1cn(C)c2ccccc12)C(Nc1cc(C)cc(CCCC#N)c1)c1ccccc1. The predicted octanol–water partition coefficient (Wildman–Crippen LogP) is 7.20. The number of aromatic nitrogens is 1. The molecule has 0 fully saturated rings. The van der Waals surface area contributed by atoms with E-state index in [1.54, 1.807) is 0 Å². The van der Waals surface area contributed by atoms with E-state index in [1.807, 2.05) is 6.07 Å². The highest BCUT2D eigenvalue weighted by atomic mass is 14.9. The van der Waals surface area contributed by atoms with Crippen LogP contribution in [0.4, 0.5) is 5.69 Å². The van der Waals surface area contributed by atoms with Crippen molar-refractivity contribution in [3.05, 3.63) is 108 Å². The summed E-state index contributed by atoms with van der Waals surface area (Å²) in [4.78, 5) is 0. The smallest absolute Gasteiger partial charge is 0.0768 e. The van der Waals surface area contributed by atoms with Crippen LogP contribution in [-0.2, 0) is 13.5 Å². The van der Waals surface area contributed by atoms with Gasteiger partial charge in [-0.25, -0.2) is 0 Å². The topological polar surface area (TPSA) is 40.8 Å². The van der Waals surface area contributed by atoms with Crippen LogP contribution in [0.5, 0.6) is 0 Å². The summed E-state index contributed by atoms with van der Waals surface area (Å²) in [5, 5.41) is 13.8. The average Bonchev–Trinajstić information content (AvgIpc) is 3.14. The van der Waals surface area contributed by atoms with E-state index in [1.165, 1.54) is 27.6 Å². The predicted molar refractivity (Wildman–Crippen MR) is 134 cm³/mol. The Balaban J connectivity index is 1.71. The van der Waals surface area contributed by atoms with Gasteiger partial charge in [-0.1, -0.05) is 61.2 Å². The number of rotatable bonds is 8. The van der Waals surface area contributed by atoms with Crippen LogP contribution in [0.25, 0.3) is 16.5 Å². The van der Waals surface area contributed by atoms with Crippen LogP contribution in [0.3, 0.4) is 0 Å². The molecular formula is C29H29N3. The van der Waals surface area contributed by atoms with Crippen LogP contribution in [0, 0.1) is 18.3 Å². The molecule has 0 radical (unpaired) electrons. The van der Waals surface area contributed by atoms with Crippen molar-refractivity contribution in [2.75, 3.05) is 5.32 Å². The number of para-hydroxylation sites is 1. The van der Waals surface area contributed by atoms with Gasteiger partial charge in [-0.2, -0.15) is 5.26 Å². The molecule has 0 aliphatic carbocycles. The molecule has 0 saturated heterocycles. The van der Waals surface area contributed by atoms with E-state index < -0.39 is 0 Å². The standard InChI is InChI=1S/C29H29N3/c1-21-17-23(11-9-10-16-30)19-25(18-21)31-29(24-12-5-4-6-13-24)22(2)27-20-32(3)28-15-8-7-14-26(27)28/h4-8,12-15,17-20,29,31H,2,9-11H2,1,3H3. The van der Waals surface area contributed by atoms with E-state index in [9.17, 15) is 0 Å². The molecular weight excluding hydrogens is 390 g/mol. The number of nitrogens with zero attached hydrogens (tertiary/aromatic N) is 2. The van der Waals surface area contributed by atoms with E-state index in [0.29, 0.717) is 6.42 Å². The largest absolute Gasteiger partial charge is 0.374 e. The van der Waals surface area contributed by atoms with Gasteiger partial charge >= 0.3 is 0 Å². The summed E-state index contributed by atoms with van der Waals surface area (Å²) < 4.78 is 2.16. The van der Waals surface area contributed by atoms with Gasteiger partial charge in [0.2, 0.25) is 0 Å². The lowest BCUT2D eigenvalue weighted by atomic mass is 9.93. The normalized spacial score (nSPS) is 11.8. The fourth-order valence-corrected chi connectivity index (χ4v) is 4.40. The second kappa shape index (κ2) is 9.58. The Bertz CT molecular complexity index is 1280. The number of hydrogen-bond donors (Lipinski definition) is 1. The Kier molecular flexibility index (Phi) is 6.42. The molecule has 1 aromatic heterocycles. The van der Waals surface area contributed by atoms with Crippen LogP contribution in [0.1, 0.15) is 41.1 Å². The number of nitriles is 1. The van der Waals surface area contributed by atoms with Gasteiger partial charge in [-0.05, 0) is 60.2 Å². The highest BCUT2D eigenvalue weighted by Gasteiger charge is 2.20. The molecule has 1 unspecified atom stereocenters. The van der Waals surface area contributed by atoms with E-state index in [2.05, 4.69) is 109 Å². The van der Waals surface area contributed by atoms with Crippen LogP contribution < -0.4 is 5.32 Å². The zero-order chi connectivity index (χ0) is 22.5. The number of benzene rings is 3. The zero-order valence-corrected chi connectivity index (χ0v) is 18.8. The fraction of sp³-hybridized carbons (Fsp3) is 0.207. The van der Waals surface area contributed by atoms with Gasteiger partial charge in [0.05, 0.1) is 12.1 Å². The first-order valence-corrected chi connectivity index (χ1v) is 11.1. The Morgan fingerprint density at radius 3 is 2.59 bits per heavy atom. The van der Waals surface area contributed by atoms with Crippen molar-refractivity contribution in [3.8, 4) is 6.07 Å². The summed E-state index contributed by atoms with van der Waals surface area (Å²) in [5.74, 6) is 0. The summed E-state index contributed by atoms with van der Waals surface area (Å²) in [5.41, 5.74) is 8.12. The van der Waals surface area contributed by atoms with Gasteiger partial charge in [-0.15, -0.1) is 0 Å². The minimum atomic E-state index is -0.0595. The summed E-state index contributed by atoms with van der Waals surface area (Å²) in [6.45, 7) is 6.68. The van der Waals surface area contributed by atoms with Gasteiger partial charge < -0.3 is 9.88 Å². The van der Waals surface area contributed by atoms with Gasteiger partial charge in [0.15, 0.2) is 0 Å². The maximum atomic E-state index is 8.87. The zero-order valence-electron chi connectivity index (χ0n) is 18.8. The van der Waals surface area contributed by atoms with Crippen LogP contribution in [0.2, 0.25) is 0 Å². The Hall–Kier alpha value is -3.77. The molecule has 1 heterocycles. The van der Waals surface area contributed by atoms with Crippen molar-refractivity contribution in [1.29, 1.82) is 5.26 Å². The van der Waals surface area contributed by atoms with Crippen LogP contribution in [0.15, 0.2) is 85.6 Å². The third-order valence-electron chi connectivity index (χ3n) is 5.93. The highest BCUT2D eigenvalue weighted by molar-refractivity contribution is 5.94. The molecule has 1 N–H and O–H groups in total. The lowest BCUT2D eigenvalue weighted by molar-refractivity contribution is 0.849. The summed E-state index contributed by atoms with van der Waals surface area (Å²) in [7, 11) is 2.08. The van der Waals surface area contributed by atoms with E-state index in [0.717, 1.165) is 29.7 Å². The maximum Gasteiger partial charge on any atom is 0.0768 e. The first-order chi connectivity index (χ1) is 15.6. The summed E-state index contributed by atoms with van der Waals surface area (Å²) in [6, 6.07) is 27.7. The number of aryl methyl sites for hydroxylation is 3. The lowest BCUT2D eigenvalue weighted by Gasteiger charge is -2.24. The summed E-state index contributed by atoms with van der Waals surface area (Å²) in [6.07, 6.45) is 4.55. The molecule has 4 rings (SSSR count). The monoisotopic (exact) mass is 419 g/mol. The second-order valence-electron chi connectivity index (χ2n) is 8.40. The molecule has 1 atom stereocenters. The second-order valence-corrected chi connectivity index (χ2v) is 8.40. The maximum absolute atomic E-state index is 8.87. The molecule has 3 heteroatoms. The van der Waals surface area contributed by atoms with Crippen molar-refractivity contribution in [2.45, 2.75) is 32.2 Å². The molecule has 32 heavy (non-hydrogen) atoms. The minimum absolute atomic E-state index is 0.0595. The van der Waals surface area contributed by atoms with Crippen molar-refractivity contribution in [2.24, 2.45) is 7.05 Å². The van der Waals surface area contributed by atoms with E-state index in [-0.39, 0.29) is 6.04 Å². The van der Waals surface area contributed by atoms with Gasteiger partial charge in [0, 0.05) is 41.8 Å². The molecule has 0 aliphatic rings. The van der Waals surface area contributed by atoms with Gasteiger partial charge in [-0.3, -0.25) is 0 Å². The molecule has 4 aromatic rings. The Morgan fingerprint density at radius 2 is 1.81 bits per heavy atom. The Labute approximate surface area is 190 Å². The third kappa shape index (κ3) is 4.60. The minimum Gasteiger partial charge on any atom is -0.374 e. The summed E-state index contributed by atoms with van der Waals surface area (Å²) >= 11 is 0. The molecule has 0 saturated carbocycles. The number of anilines is 1. The molecule has 0 spiro atoms. The van der Waals surface area contributed by atoms with E-state index in [4.69, 9.17) is 5.26 Å². The Morgan fingerprint density at radius 1 is 1.06 bits per heavy atom. The molecule has 3 aromatic carbocycles. The number of fused-ring (bicyclic) bond motifs is 1. The van der Waals surface area contributed by atoms with Crippen molar-refractivity contribution in [1.82, 2.24) is 4.57 Å². The fourth-order valence-electron chi connectivity index (χ4n) is 4.40. The lowest BCUT2D eigenvalue weighted by Crippen LogP contribution is -2.13. The van der Waals surface area contributed by atoms with E-state index >= 15 is 0 Å². The number of unbranched alkanes of at least 4 members (excludes halogenated alkanes) is 1. The van der Waals surface area contributed by atoms with Gasteiger partial charge in [0.25, 0.3) is 0 Å². The highest BCUT2D eigenvalue weighted by Crippen LogP contribution is 2.36. The first kappa shape index (κ1) is 21.5. The number of hydrogen-bond acceptors (Lipinski definition) is 2. The van der Waals surface area contributed by atoms with Crippen molar-refractivity contribution < 1.29 is 0 Å². The molecule has 0 amide bonds. The van der Waals surface area contributed by atoms with Gasteiger partial charge in [0.1, 0.15) is 0 Å². The van der Waals surface area contributed by atoms with Crippen molar-refractivity contribution in [3.63, 3.8) is 0 Å².